The largest absolute Gasteiger partial charge is 0.476 e. The summed E-state index contributed by atoms with van der Waals surface area (Å²) in [5, 5.41) is 17.0. The number of aromatic nitrogens is 3. The topological polar surface area (TPSA) is 77.2 Å². The van der Waals surface area contributed by atoms with E-state index in [1.165, 1.54) is 0 Å². The molecule has 2 heterocycles. The average Bonchev–Trinajstić information content (AvgIpc) is 2.74. The Balaban J connectivity index is 2.44. The summed E-state index contributed by atoms with van der Waals surface area (Å²) < 4.78 is 7.18. The highest BCUT2D eigenvalue weighted by atomic mass is 16.5. The molecule has 1 fully saturated rings. The Bertz CT molecular complexity index is 442. The minimum atomic E-state index is -1.03. The first-order valence-corrected chi connectivity index (χ1v) is 6.18. The van der Waals surface area contributed by atoms with Gasteiger partial charge in [0.25, 0.3) is 0 Å². The highest BCUT2D eigenvalue weighted by Gasteiger charge is 2.32. The van der Waals surface area contributed by atoms with Crippen LogP contribution in [0.5, 0.6) is 0 Å². The monoisotopic (exact) mass is 253 g/mol. The van der Waals surface area contributed by atoms with E-state index in [4.69, 9.17) is 4.74 Å². The van der Waals surface area contributed by atoms with Gasteiger partial charge in [0.2, 0.25) is 0 Å². The van der Waals surface area contributed by atoms with E-state index >= 15 is 0 Å². The number of carboxylic acid groups (broad SMARTS) is 1. The van der Waals surface area contributed by atoms with Crippen LogP contribution in [0.4, 0.5) is 0 Å². The molecule has 1 aromatic heterocycles. The van der Waals surface area contributed by atoms with Crippen LogP contribution in [0.2, 0.25) is 0 Å². The summed E-state index contributed by atoms with van der Waals surface area (Å²) in [6.45, 7) is 7.25. The molecule has 1 atom stereocenters. The highest BCUT2D eigenvalue weighted by molar-refractivity contribution is 5.86. The number of rotatable bonds is 2. The molecule has 0 aliphatic carbocycles. The summed E-state index contributed by atoms with van der Waals surface area (Å²) >= 11 is 0. The fourth-order valence-electron chi connectivity index (χ4n) is 2.31. The van der Waals surface area contributed by atoms with Crippen molar-refractivity contribution >= 4 is 5.97 Å². The Hall–Kier alpha value is -1.43. The molecule has 100 valence electrons. The van der Waals surface area contributed by atoms with Crippen molar-refractivity contribution in [3.05, 3.63) is 11.4 Å². The van der Waals surface area contributed by atoms with E-state index in [0.717, 1.165) is 19.4 Å². The van der Waals surface area contributed by atoms with Crippen LogP contribution in [0.1, 0.15) is 55.8 Å². The lowest BCUT2D eigenvalue weighted by Gasteiger charge is -2.27. The molecule has 0 amide bonds. The first-order valence-electron chi connectivity index (χ1n) is 6.18. The Morgan fingerprint density at radius 1 is 1.50 bits per heavy atom. The van der Waals surface area contributed by atoms with Crippen LogP contribution >= 0.6 is 0 Å². The van der Waals surface area contributed by atoms with Crippen LogP contribution in [-0.4, -0.2) is 39.3 Å². The van der Waals surface area contributed by atoms with Crippen molar-refractivity contribution in [1.29, 1.82) is 0 Å². The van der Waals surface area contributed by atoms with Gasteiger partial charge in [0.15, 0.2) is 5.69 Å². The van der Waals surface area contributed by atoms with Gasteiger partial charge in [0.1, 0.15) is 0 Å². The summed E-state index contributed by atoms with van der Waals surface area (Å²) in [6, 6.07) is 0.0913. The van der Waals surface area contributed by atoms with E-state index in [9.17, 15) is 9.90 Å². The van der Waals surface area contributed by atoms with Crippen molar-refractivity contribution in [2.24, 2.45) is 0 Å². The molecule has 0 spiro atoms. The Labute approximate surface area is 106 Å². The van der Waals surface area contributed by atoms with E-state index in [0.29, 0.717) is 12.3 Å². The molecule has 6 nitrogen and oxygen atoms in total. The van der Waals surface area contributed by atoms with Crippen molar-refractivity contribution in [3.8, 4) is 0 Å². The lowest BCUT2D eigenvalue weighted by Crippen LogP contribution is -2.28. The van der Waals surface area contributed by atoms with Gasteiger partial charge in [-0.3, -0.25) is 0 Å². The quantitative estimate of drug-likeness (QED) is 0.866. The van der Waals surface area contributed by atoms with Crippen LogP contribution in [0.15, 0.2) is 0 Å². The van der Waals surface area contributed by atoms with Gasteiger partial charge in [-0.25, -0.2) is 9.48 Å². The zero-order valence-corrected chi connectivity index (χ0v) is 11.0. The second-order valence-electron chi connectivity index (χ2n) is 5.66. The fourth-order valence-corrected chi connectivity index (χ4v) is 2.31. The summed E-state index contributed by atoms with van der Waals surface area (Å²) in [6.07, 6.45) is 1.92. The van der Waals surface area contributed by atoms with Crippen LogP contribution in [0, 0.1) is 0 Å². The van der Waals surface area contributed by atoms with Crippen molar-refractivity contribution in [1.82, 2.24) is 15.0 Å². The molecule has 2 rings (SSSR count). The zero-order chi connectivity index (χ0) is 13.3. The second-order valence-corrected chi connectivity index (χ2v) is 5.66. The van der Waals surface area contributed by atoms with E-state index in [-0.39, 0.29) is 17.2 Å². The predicted octanol–water partition coefficient (Wildman–Crippen LogP) is 1.63. The number of hydrogen-bond donors (Lipinski definition) is 1. The Morgan fingerprint density at radius 3 is 2.72 bits per heavy atom. The van der Waals surface area contributed by atoms with Gasteiger partial charge in [-0.15, -0.1) is 5.10 Å². The van der Waals surface area contributed by atoms with Crippen molar-refractivity contribution in [2.45, 2.75) is 45.1 Å². The summed E-state index contributed by atoms with van der Waals surface area (Å²) in [5.41, 5.74) is 0.410. The molecule has 0 bridgehead atoms. The maximum absolute atomic E-state index is 11.2. The number of hydrogen-bond acceptors (Lipinski definition) is 4. The minimum absolute atomic E-state index is 0.0491. The second kappa shape index (κ2) is 4.68. The lowest BCUT2D eigenvalue weighted by molar-refractivity contribution is 0.0521. The van der Waals surface area contributed by atoms with Gasteiger partial charge in [-0.1, -0.05) is 26.0 Å². The average molecular weight is 253 g/mol. The number of aromatic carboxylic acids is 1. The molecule has 1 aliphatic heterocycles. The molecular formula is C12H19N3O3. The van der Waals surface area contributed by atoms with E-state index in [2.05, 4.69) is 10.3 Å². The minimum Gasteiger partial charge on any atom is -0.476 e. The maximum atomic E-state index is 11.2. The molecule has 1 aliphatic rings. The van der Waals surface area contributed by atoms with Crippen LogP contribution in [-0.2, 0) is 10.2 Å². The van der Waals surface area contributed by atoms with E-state index in [1.807, 2.05) is 20.8 Å². The van der Waals surface area contributed by atoms with Crippen molar-refractivity contribution in [3.63, 3.8) is 0 Å². The van der Waals surface area contributed by atoms with Crippen molar-refractivity contribution < 1.29 is 14.6 Å². The van der Waals surface area contributed by atoms with Crippen molar-refractivity contribution in [2.75, 3.05) is 13.2 Å². The molecule has 0 radical (unpaired) electrons. The van der Waals surface area contributed by atoms with Crippen LogP contribution < -0.4 is 0 Å². The van der Waals surface area contributed by atoms with E-state index < -0.39 is 5.97 Å². The molecular weight excluding hydrogens is 234 g/mol. The molecule has 1 N–H and O–H groups in total. The van der Waals surface area contributed by atoms with E-state index in [1.54, 1.807) is 4.68 Å². The van der Waals surface area contributed by atoms with Gasteiger partial charge >= 0.3 is 5.97 Å². The summed E-state index contributed by atoms with van der Waals surface area (Å²) in [5.74, 6) is -1.03. The van der Waals surface area contributed by atoms with Gasteiger partial charge in [-0.2, -0.15) is 0 Å². The predicted molar refractivity (Wildman–Crippen MR) is 64.8 cm³/mol. The molecule has 1 unspecified atom stereocenters. The van der Waals surface area contributed by atoms with Gasteiger partial charge in [0, 0.05) is 12.0 Å². The van der Waals surface area contributed by atoms with Gasteiger partial charge < -0.3 is 9.84 Å². The number of carbonyl (C=O) groups is 1. The molecule has 0 aromatic carbocycles. The molecule has 18 heavy (non-hydrogen) atoms. The standard InChI is InChI=1S/C12H19N3O3/c1-12(2,3)10-9(11(16)17)13-14-15(10)8-5-4-6-18-7-8/h8H,4-7H2,1-3H3,(H,16,17). The first-order chi connectivity index (χ1) is 8.41. The highest BCUT2D eigenvalue weighted by Crippen LogP contribution is 2.29. The molecule has 6 heteroatoms. The molecule has 1 aromatic rings. The maximum Gasteiger partial charge on any atom is 0.358 e. The van der Waals surface area contributed by atoms with Crippen LogP contribution in [0.25, 0.3) is 0 Å². The Morgan fingerprint density at radius 2 is 2.22 bits per heavy atom. The SMILES string of the molecule is CC(C)(C)c1c(C(=O)O)nnn1C1CCCOC1. The number of carboxylic acids is 1. The summed E-state index contributed by atoms with van der Waals surface area (Å²) in [7, 11) is 0. The Kier molecular flexibility index (Phi) is 3.38. The fraction of sp³-hybridized carbons (Fsp3) is 0.750. The summed E-state index contributed by atoms with van der Waals surface area (Å²) in [4.78, 5) is 11.2. The molecule has 1 saturated heterocycles. The third-order valence-electron chi connectivity index (χ3n) is 3.09. The first kappa shape index (κ1) is 13.0. The zero-order valence-electron chi connectivity index (χ0n) is 11.0. The normalized spacial score (nSPS) is 20.9. The number of ether oxygens (including phenoxy) is 1. The van der Waals surface area contributed by atoms with Gasteiger partial charge in [-0.05, 0) is 12.8 Å². The van der Waals surface area contributed by atoms with Gasteiger partial charge in [0.05, 0.1) is 18.3 Å². The third-order valence-corrected chi connectivity index (χ3v) is 3.09. The third kappa shape index (κ3) is 2.38. The molecule has 0 saturated carbocycles. The van der Waals surface area contributed by atoms with Crippen LogP contribution in [0.3, 0.4) is 0 Å². The smallest absolute Gasteiger partial charge is 0.358 e. The number of nitrogens with zero attached hydrogens (tertiary/aromatic N) is 3. The lowest BCUT2D eigenvalue weighted by atomic mass is 9.89.